The van der Waals surface area contributed by atoms with Crippen molar-refractivity contribution in [1.29, 1.82) is 0 Å². The molecule has 0 aromatic rings. The zero-order valence-electron chi connectivity index (χ0n) is 10.4. The SMILES string of the molecule is O=C(O)CN(C(=O)NCCCCC(F)(F)F)C1CC1. The lowest BCUT2D eigenvalue weighted by Crippen LogP contribution is -2.44. The highest BCUT2D eigenvalue weighted by molar-refractivity contribution is 5.80. The fourth-order valence-corrected chi connectivity index (χ4v) is 1.65. The van der Waals surface area contributed by atoms with E-state index in [4.69, 9.17) is 5.11 Å². The average molecular weight is 282 g/mol. The Morgan fingerprint density at radius 1 is 1.26 bits per heavy atom. The van der Waals surface area contributed by atoms with Crippen molar-refractivity contribution in [1.82, 2.24) is 10.2 Å². The number of aliphatic carboxylic acids is 1. The molecule has 2 N–H and O–H groups in total. The van der Waals surface area contributed by atoms with E-state index in [9.17, 15) is 22.8 Å². The van der Waals surface area contributed by atoms with Crippen LogP contribution in [0.15, 0.2) is 0 Å². The van der Waals surface area contributed by atoms with Crippen LogP contribution < -0.4 is 5.32 Å². The summed E-state index contributed by atoms with van der Waals surface area (Å²) in [6.45, 7) is -0.253. The van der Waals surface area contributed by atoms with Gasteiger partial charge in [-0.2, -0.15) is 13.2 Å². The van der Waals surface area contributed by atoms with Gasteiger partial charge in [0.1, 0.15) is 6.54 Å². The monoisotopic (exact) mass is 282 g/mol. The number of urea groups is 1. The second-order valence-electron chi connectivity index (χ2n) is 4.56. The molecule has 1 aliphatic rings. The van der Waals surface area contributed by atoms with E-state index in [-0.39, 0.29) is 32.0 Å². The number of carboxylic acids is 1. The number of unbranched alkanes of at least 4 members (excludes halogenated alkanes) is 1. The molecule has 0 radical (unpaired) electrons. The molecule has 8 heteroatoms. The molecule has 1 aliphatic carbocycles. The van der Waals surface area contributed by atoms with Gasteiger partial charge in [-0.3, -0.25) is 4.79 Å². The van der Waals surface area contributed by atoms with Crippen LogP contribution in [-0.4, -0.2) is 47.3 Å². The topological polar surface area (TPSA) is 69.6 Å². The first-order chi connectivity index (χ1) is 8.79. The van der Waals surface area contributed by atoms with Gasteiger partial charge in [-0.15, -0.1) is 0 Å². The summed E-state index contributed by atoms with van der Waals surface area (Å²) in [4.78, 5) is 23.5. The first-order valence-corrected chi connectivity index (χ1v) is 6.12. The minimum atomic E-state index is -4.17. The Bertz CT molecular complexity index is 330. The molecule has 0 aromatic carbocycles. The van der Waals surface area contributed by atoms with E-state index in [0.717, 1.165) is 12.8 Å². The van der Waals surface area contributed by atoms with Crippen molar-refractivity contribution in [2.45, 2.75) is 44.3 Å². The van der Waals surface area contributed by atoms with E-state index < -0.39 is 24.6 Å². The van der Waals surface area contributed by atoms with Crippen LogP contribution in [0.4, 0.5) is 18.0 Å². The predicted molar refractivity (Wildman–Crippen MR) is 60.7 cm³/mol. The lowest BCUT2D eigenvalue weighted by molar-refractivity contribution is -0.138. The maximum Gasteiger partial charge on any atom is 0.389 e. The second kappa shape index (κ2) is 6.63. The number of hydrogen-bond acceptors (Lipinski definition) is 2. The first kappa shape index (κ1) is 15.6. The molecule has 0 spiro atoms. The smallest absolute Gasteiger partial charge is 0.389 e. The van der Waals surface area contributed by atoms with E-state index >= 15 is 0 Å². The van der Waals surface area contributed by atoms with E-state index in [0.29, 0.717) is 0 Å². The molecule has 0 atom stereocenters. The number of carboxylic acid groups (broad SMARTS) is 1. The van der Waals surface area contributed by atoms with Gasteiger partial charge in [0.05, 0.1) is 0 Å². The van der Waals surface area contributed by atoms with Crippen LogP contribution in [0.2, 0.25) is 0 Å². The van der Waals surface area contributed by atoms with Crippen molar-refractivity contribution in [2.75, 3.05) is 13.1 Å². The molecule has 19 heavy (non-hydrogen) atoms. The lowest BCUT2D eigenvalue weighted by Gasteiger charge is -2.20. The molecule has 0 bridgehead atoms. The van der Waals surface area contributed by atoms with Crippen LogP contribution in [0.25, 0.3) is 0 Å². The van der Waals surface area contributed by atoms with Gasteiger partial charge in [-0.1, -0.05) is 0 Å². The predicted octanol–water partition coefficient (Wildman–Crippen LogP) is 1.98. The van der Waals surface area contributed by atoms with E-state index in [1.54, 1.807) is 0 Å². The number of nitrogens with zero attached hydrogens (tertiary/aromatic N) is 1. The van der Waals surface area contributed by atoms with Crippen LogP contribution in [0.5, 0.6) is 0 Å². The molecule has 5 nitrogen and oxygen atoms in total. The van der Waals surface area contributed by atoms with Gasteiger partial charge in [0.25, 0.3) is 0 Å². The number of carbonyl (C=O) groups excluding carboxylic acids is 1. The molecule has 0 heterocycles. The molecule has 0 saturated heterocycles. The standard InChI is InChI=1S/C11H17F3N2O3/c12-11(13,14)5-1-2-6-15-10(19)16(7-9(17)18)8-3-4-8/h8H,1-7H2,(H,15,19)(H,17,18). The van der Waals surface area contributed by atoms with Crippen molar-refractivity contribution >= 4 is 12.0 Å². The number of hydrogen-bond donors (Lipinski definition) is 2. The largest absolute Gasteiger partial charge is 0.480 e. The van der Waals surface area contributed by atoms with Crippen LogP contribution in [0.1, 0.15) is 32.1 Å². The number of nitrogens with one attached hydrogen (secondary N) is 1. The van der Waals surface area contributed by atoms with Crippen LogP contribution in [0.3, 0.4) is 0 Å². The lowest BCUT2D eigenvalue weighted by atomic mass is 10.2. The Hall–Kier alpha value is -1.47. The van der Waals surface area contributed by atoms with Crippen molar-refractivity contribution in [2.24, 2.45) is 0 Å². The number of carbonyl (C=O) groups is 2. The van der Waals surface area contributed by atoms with Crippen LogP contribution in [0, 0.1) is 0 Å². The Morgan fingerprint density at radius 3 is 2.37 bits per heavy atom. The molecular weight excluding hydrogens is 265 g/mol. The second-order valence-corrected chi connectivity index (χ2v) is 4.56. The van der Waals surface area contributed by atoms with Gasteiger partial charge in [0.2, 0.25) is 0 Å². The normalized spacial score (nSPS) is 15.1. The third-order valence-electron chi connectivity index (χ3n) is 2.72. The van der Waals surface area contributed by atoms with Crippen molar-refractivity contribution in [3.05, 3.63) is 0 Å². The Morgan fingerprint density at radius 2 is 1.89 bits per heavy atom. The Kier molecular flexibility index (Phi) is 5.44. The molecule has 1 saturated carbocycles. The molecule has 1 fully saturated rings. The zero-order valence-corrected chi connectivity index (χ0v) is 10.4. The van der Waals surface area contributed by atoms with Gasteiger partial charge in [0, 0.05) is 19.0 Å². The molecule has 110 valence electrons. The molecule has 0 aliphatic heterocycles. The summed E-state index contributed by atoms with van der Waals surface area (Å²) >= 11 is 0. The summed E-state index contributed by atoms with van der Waals surface area (Å²) in [6, 6.07) is -0.566. The number of halogens is 3. The summed E-state index contributed by atoms with van der Waals surface area (Å²) in [7, 11) is 0. The highest BCUT2D eigenvalue weighted by atomic mass is 19.4. The Labute approximate surface area is 108 Å². The molecule has 2 amide bonds. The summed E-state index contributed by atoms with van der Waals surface area (Å²) in [5, 5.41) is 11.1. The van der Waals surface area contributed by atoms with Gasteiger partial charge in [-0.25, -0.2) is 4.79 Å². The number of amides is 2. The number of alkyl halides is 3. The van der Waals surface area contributed by atoms with E-state index in [2.05, 4.69) is 5.32 Å². The minimum Gasteiger partial charge on any atom is -0.480 e. The summed E-state index contributed by atoms with van der Waals surface area (Å²) in [6.07, 6.45) is -3.33. The van der Waals surface area contributed by atoms with Gasteiger partial charge >= 0.3 is 18.2 Å². The maximum absolute atomic E-state index is 11.9. The van der Waals surface area contributed by atoms with E-state index in [1.165, 1.54) is 4.90 Å². The van der Waals surface area contributed by atoms with Gasteiger partial charge in [-0.05, 0) is 25.7 Å². The van der Waals surface area contributed by atoms with E-state index in [1.807, 2.05) is 0 Å². The van der Waals surface area contributed by atoms with Crippen LogP contribution in [-0.2, 0) is 4.79 Å². The molecule has 1 rings (SSSR count). The Balaban J connectivity index is 2.20. The zero-order chi connectivity index (χ0) is 14.5. The fourth-order valence-electron chi connectivity index (χ4n) is 1.65. The average Bonchev–Trinajstić information content (AvgIpc) is 3.07. The highest BCUT2D eigenvalue weighted by Gasteiger charge is 2.33. The fraction of sp³-hybridized carbons (Fsp3) is 0.818. The van der Waals surface area contributed by atoms with Gasteiger partial charge in [0.15, 0.2) is 0 Å². The quantitative estimate of drug-likeness (QED) is 0.701. The molecular formula is C11H17F3N2O3. The highest BCUT2D eigenvalue weighted by Crippen LogP contribution is 2.26. The van der Waals surface area contributed by atoms with Crippen molar-refractivity contribution in [3.63, 3.8) is 0 Å². The maximum atomic E-state index is 11.9. The van der Waals surface area contributed by atoms with Crippen LogP contribution >= 0.6 is 0 Å². The van der Waals surface area contributed by atoms with Crippen molar-refractivity contribution < 1.29 is 27.9 Å². The summed E-state index contributed by atoms with van der Waals surface area (Å²) in [5.74, 6) is -1.10. The molecule has 0 unspecified atom stereocenters. The minimum absolute atomic E-state index is 0.0495. The van der Waals surface area contributed by atoms with Gasteiger partial charge < -0.3 is 15.3 Å². The van der Waals surface area contributed by atoms with Crippen molar-refractivity contribution in [3.8, 4) is 0 Å². The number of rotatable bonds is 7. The third-order valence-corrected chi connectivity index (χ3v) is 2.72. The third kappa shape index (κ3) is 6.88. The summed E-state index contributed by atoms with van der Waals surface area (Å²) < 4.78 is 35.6. The molecule has 0 aromatic heterocycles. The first-order valence-electron chi connectivity index (χ1n) is 6.12. The summed E-state index contributed by atoms with van der Waals surface area (Å²) in [5.41, 5.74) is 0.